The molecule has 1 aromatic rings. The van der Waals surface area contributed by atoms with Gasteiger partial charge >= 0.3 is 71.4 Å². The number of alkyl halides is 23. The number of aliphatic imine (C=N–C) groups is 2. The molecule has 0 radical (unpaired) electrons. The monoisotopic (exact) mass is 857 g/mol. The van der Waals surface area contributed by atoms with Crippen molar-refractivity contribution in [3.8, 4) is 0 Å². The summed E-state index contributed by atoms with van der Waals surface area (Å²) in [5, 5.41) is 1.21. The molecule has 0 saturated heterocycles. The van der Waals surface area contributed by atoms with E-state index in [9.17, 15) is 103 Å². The van der Waals surface area contributed by atoms with Crippen molar-refractivity contribution in [2.24, 2.45) is 9.98 Å². The third-order valence-corrected chi connectivity index (χ3v) is 6.83. The second-order valence-corrected chi connectivity index (χ2v) is 10.2. The molecular weight excluding hydrogens is 847 g/mol. The van der Waals surface area contributed by atoms with Crippen molar-refractivity contribution in [1.82, 2.24) is 5.32 Å². The molecule has 55 heavy (non-hydrogen) atoms. The van der Waals surface area contributed by atoms with Crippen LogP contribution in [0.4, 0.5) is 112 Å². The van der Waals surface area contributed by atoms with Crippen molar-refractivity contribution in [3.05, 3.63) is 22.8 Å². The highest BCUT2D eigenvalue weighted by Gasteiger charge is 2.99. The number of rotatable bonds is 15. The fourth-order valence-electron chi connectivity index (χ4n) is 3.86. The Kier molecular flexibility index (Phi) is 12.4. The van der Waals surface area contributed by atoms with E-state index < -0.39 is 112 Å². The van der Waals surface area contributed by atoms with Crippen LogP contribution in [-0.4, -0.2) is 90.2 Å². The molecule has 0 spiro atoms. The Morgan fingerprint density at radius 3 is 1.24 bits per heavy atom. The summed E-state index contributed by atoms with van der Waals surface area (Å²) in [5.74, 6) is -95.0. The molecule has 0 aliphatic carbocycles. The maximum absolute atomic E-state index is 15.5. The second kappa shape index (κ2) is 14.1. The standard InChI is InChI=1S/C24H10F23N3O5/c1-7-9(48-4-51)3-10(49-5-52)12(11(7)13(54)50-6-55-8(2)53)14(25,26)15(27,28)16(29,30)17(31,32)18(33,34)19(35,36)20(37,38)21(39,40)22(41,42)23(43,44)24(45,46)47/h3H,6H2,1-2H3,(H,50,54). The van der Waals surface area contributed by atoms with Gasteiger partial charge in [0.2, 0.25) is 12.2 Å². The number of benzene rings is 1. The predicted molar refractivity (Wildman–Crippen MR) is 125 cm³/mol. The first-order valence-corrected chi connectivity index (χ1v) is 12.7. The van der Waals surface area contributed by atoms with E-state index in [1.54, 1.807) is 0 Å². The number of hydrogen-bond acceptors (Lipinski definition) is 7. The maximum atomic E-state index is 15.5. The molecule has 1 N–H and O–H groups in total. The summed E-state index contributed by atoms with van der Waals surface area (Å²) in [6.45, 7) is -0.745. The van der Waals surface area contributed by atoms with Crippen molar-refractivity contribution in [3.63, 3.8) is 0 Å². The van der Waals surface area contributed by atoms with E-state index in [4.69, 9.17) is 0 Å². The first kappa shape index (κ1) is 48.3. The molecule has 0 heterocycles. The van der Waals surface area contributed by atoms with Crippen LogP contribution in [0.2, 0.25) is 0 Å². The van der Waals surface area contributed by atoms with Crippen molar-refractivity contribution in [1.29, 1.82) is 0 Å². The fourth-order valence-corrected chi connectivity index (χ4v) is 3.86. The van der Waals surface area contributed by atoms with Gasteiger partial charge in [0.1, 0.15) is 0 Å². The third-order valence-electron chi connectivity index (χ3n) is 6.83. The Morgan fingerprint density at radius 2 is 0.909 bits per heavy atom. The van der Waals surface area contributed by atoms with E-state index in [-0.39, 0.29) is 19.1 Å². The van der Waals surface area contributed by atoms with Crippen LogP contribution in [-0.2, 0) is 25.0 Å². The number of amides is 1. The topological polar surface area (TPSA) is 114 Å². The van der Waals surface area contributed by atoms with Gasteiger partial charge in [-0.1, -0.05) is 0 Å². The van der Waals surface area contributed by atoms with E-state index in [1.807, 2.05) is 0 Å². The lowest BCUT2D eigenvalue weighted by atomic mass is 9.83. The van der Waals surface area contributed by atoms with Crippen molar-refractivity contribution >= 4 is 35.4 Å². The molecule has 0 aromatic heterocycles. The summed E-state index contributed by atoms with van der Waals surface area (Å²) < 4.78 is 325. The zero-order chi connectivity index (χ0) is 44.2. The number of isocyanates is 2. The van der Waals surface area contributed by atoms with E-state index in [1.165, 1.54) is 5.32 Å². The molecular formula is C24H10F23N3O5. The van der Waals surface area contributed by atoms with E-state index in [0.717, 1.165) is 0 Å². The maximum Gasteiger partial charge on any atom is 0.460 e. The quantitative estimate of drug-likeness (QED) is 0.0625. The van der Waals surface area contributed by atoms with Gasteiger partial charge in [-0.25, -0.2) is 9.59 Å². The van der Waals surface area contributed by atoms with Gasteiger partial charge in [-0.2, -0.15) is 111 Å². The van der Waals surface area contributed by atoms with Gasteiger partial charge in [0, 0.05) is 6.92 Å². The first-order valence-electron chi connectivity index (χ1n) is 12.7. The number of carbonyl (C=O) groups is 2. The molecule has 0 fully saturated rings. The van der Waals surface area contributed by atoms with Crippen LogP contribution < -0.4 is 5.32 Å². The molecule has 1 rings (SSSR count). The summed E-state index contributed by atoms with van der Waals surface area (Å²) in [4.78, 5) is 49.9. The molecule has 1 aromatic carbocycles. The van der Waals surface area contributed by atoms with Crippen LogP contribution in [0.1, 0.15) is 28.4 Å². The van der Waals surface area contributed by atoms with Crippen LogP contribution >= 0.6 is 0 Å². The Hall–Kier alpha value is -4.69. The number of esters is 1. The average molecular weight is 857 g/mol. The number of carbonyl (C=O) groups excluding carboxylic acids is 4. The van der Waals surface area contributed by atoms with Gasteiger partial charge in [0.05, 0.1) is 22.5 Å². The van der Waals surface area contributed by atoms with Gasteiger partial charge in [-0.3, -0.25) is 9.59 Å². The number of hydrogen-bond donors (Lipinski definition) is 1. The SMILES string of the molecule is CC(=O)OCNC(=O)c1c(C)c(N=C=O)cc(N=C=O)c1C(F)(F)C(F)(F)C(F)(F)C(F)(F)C(F)(F)C(F)(F)C(F)(F)C(F)(F)C(F)(F)C(F)(F)C(F)(F)F. The molecule has 0 aliphatic heterocycles. The minimum absolute atomic E-state index is 0.198. The molecule has 0 bridgehead atoms. The van der Waals surface area contributed by atoms with Gasteiger partial charge in [0.25, 0.3) is 5.91 Å². The highest BCUT2D eigenvalue weighted by atomic mass is 19.4. The Bertz CT molecular complexity index is 1780. The third kappa shape index (κ3) is 6.81. The summed E-state index contributed by atoms with van der Waals surface area (Å²) in [6, 6.07) is -0.369. The summed E-state index contributed by atoms with van der Waals surface area (Å²) >= 11 is 0. The summed E-state index contributed by atoms with van der Waals surface area (Å²) in [7, 11) is 0. The number of nitrogens with one attached hydrogen (secondary N) is 1. The van der Waals surface area contributed by atoms with Gasteiger partial charge < -0.3 is 10.1 Å². The Morgan fingerprint density at radius 1 is 0.582 bits per heavy atom. The highest BCUT2D eigenvalue weighted by molar-refractivity contribution is 6.00. The molecule has 8 nitrogen and oxygen atoms in total. The predicted octanol–water partition coefficient (Wildman–Crippen LogP) is 8.55. The Labute approximate surface area is 285 Å². The van der Waals surface area contributed by atoms with Crippen LogP contribution in [0.3, 0.4) is 0 Å². The van der Waals surface area contributed by atoms with Crippen molar-refractivity contribution in [2.75, 3.05) is 6.73 Å². The number of nitrogens with zero attached hydrogens (tertiary/aromatic N) is 2. The highest BCUT2D eigenvalue weighted by Crippen LogP contribution is 2.68. The minimum atomic E-state index is -9.65. The largest absolute Gasteiger partial charge is 0.460 e. The van der Waals surface area contributed by atoms with Crippen LogP contribution in [0, 0.1) is 6.92 Å². The minimum Gasteiger partial charge on any atom is -0.445 e. The smallest absolute Gasteiger partial charge is 0.445 e. The van der Waals surface area contributed by atoms with Gasteiger partial charge in [-0.15, -0.1) is 0 Å². The first-order chi connectivity index (χ1) is 24.1. The molecule has 31 heteroatoms. The van der Waals surface area contributed by atoms with Gasteiger partial charge in [-0.05, 0) is 18.6 Å². The zero-order valence-electron chi connectivity index (χ0n) is 25.4. The molecule has 0 atom stereocenters. The molecule has 0 unspecified atom stereocenters. The average Bonchev–Trinajstić information content (AvgIpc) is 3.00. The van der Waals surface area contributed by atoms with Crippen LogP contribution in [0.25, 0.3) is 0 Å². The normalized spacial score (nSPS) is 14.5. The molecule has 0 aliphatic rings. The lowest BCUT2D eigenvalue weighted by Gasteiger charge is -2.45. The fraction of sp³-hybridized carbons (Fsp3) is 0.583. The van der Waals surface area contributed by atoms with Crippen molar-refractivity contribution in [2.45, 2.75) is 79.2 Å². The Balaban J connectivity index is 4.29. The number of halogens is 23. The van der Waals surface area contributed by atoms with E-state index in [2.05, 4.69) is 14.7 Å². The van der Waals surface area contributed by atoms with Crippen molar-refractivity contribution < 1.29 is 125 Å². The summed E-state index contributed by atoms with van der Waals surface area (Å²) in [5.41, 5.74) is -11.0. The number of ether oxygens (including phenoxy) is 1. The molecule has 0 saturated carbocycles. The lowest BCUT2D eigenvalue weighted by molar-refractivity contribution is -0.479. The molecule has 1 amide bonds. The zero-order valence-corrected chi connectivity index (χ0v) is 25.4. The van der Waals surface area contributed by atoms with E-state index in [0.29, 0.717) is 13.0 Å². The lowest BCUT2D eigenvalue weighted by Crippen LogP contribution is -2.77. The van der Waals surface area contributed by atoms with E-state index >= 15 is 17.6 Å². The molecule has 312 valence electrons. The van der Waals surface area contributed by atoms with Gasteiger partial charge in [0.15, 0.2) is 6.73 Å². The second-order valence-electron chi connectivity index (χ2n) is 10.2. The summed E-state index contributed by atoms with van der Waals surface area (Å²) in [6.07, 6.45) is -7.42. The van der Waals surface area contributed by atoms with Crippen LogP contribution in [0.15, 0.2) is 16.1 Å². The van der Waals surface area contributed by atoms with Crippen LogP contribution in [0.5, 0.6) is 0 Å².